The Morgan fingerprint density at radius 3 is 2.30 bits per heavy atom. The average Bonchev–Trinajstić information content (AvgIpc) is 2.69. The van der Waals surface area contributed by atoms with Crippen LogP contribution in [0.5, 0.6) is 0 Å². The summed E-state index contributed by atoms with van der Waals surface area (Å²) in [6.45, 7) is 0. The summed E-state index contributed by atoms with van der Waals surface area (Å²) >= 11 is 5.25. The Kier molecular flexibility index (Phi) is 6.54. The summed E-state index contributed by atoms with van der Waals surface area (Å²) in [5.74, 6) is -0.186. The highest BCUT2D eigenvalue weighted by Gasteiger charge is 2.21. The third-order valence-electron chi connectivity index (χ3n) is 4.63. The zero-order valence-corrected chi connectivity index (χ0v) is 15.9. The minimum Gasteiger partial charge on any atom is -0.332 e. The smallest absolute Gasteiger partial charge is 0.255 e. The Labute approximate surface area is 164 Å². The lowest BCUT2D eigenvalue weighted by atomic mass is 9.89. The molecular weight excluding hydrogens is 358 g/mol. The summed E-state index contributed by atoms with van der Waals surface area (Å²) in [4.78, 5) is 24.7. The van der Waals surface area contributed by atoms with Crippen LogP contribution in [0.4, 0.5) is 11.4 Å². The maximum atomic E-state index is 12.4. The van der Waals surface area contributed by atoms with Crippen LogP contribution >= 0.6 is 12.2 Å². The molecule has 0 aromatic heterocycles. The Morgan fingerprint density at radius 1 is 0.852 bits per heavy atom. The van der Waals surface area contributed by atoms with Crippen LogP contribution in [0, 0.1) is 5.92 Å². The molecular formula is C21H23N3O2S. The topological polar surface area (TPSA) is 70.2 Å². The van der Waals surface area contributed by atoms with E-state index in [9.17, 15) is 9.59 Å². The first-order valence-electron chi connectivity index (χ1n) is 9.20. The second kappa shape index (κ2) is 9.28. The largest absolute Gasteiger partial charge is 0.332 e. The van der Waals surface area contributed by atoms with Crippen molar-refractivity contribution in [2.24, 2.45) is 5.92 Å². The Hall–Kier alpha value is -2.73. The number of rotatable bonds is 4. The van der Waals surface area contributed by atoms with E-state index >= 15 is 0 Å². The summed E-state index contributed by atoms with van der Waals surface area (Å²) in [6, 6.07) is 16.3. The lowest BCUT2D eigenvalue weighted by molar-refractivity contribution is -0.124. The molecule has 0 aliphatic heterocycles. The number of carbonyl (C=O) groups excluding carboxylic acids is 2. The van der Waals surface area contributed by atoms with Crippen LogP contribution in [0.25, 0.3) is 0 Å². The fraction of sp³-hybridized carbons (Fsp3) is 0.286. The molecule has 2 amide bonds. The standard InChI is InChI=1S/C21H23N3O2S/c25-19(15-8-3-1-4-9-15)24-21(27)23-18-13-7-10-16(14-18)20(26)22-17-11-5-2-6-12-17/h2,5-7,10-15H,1,3-4,8-9H2,(H,22,26)(H2,23,24,25,27). The monoisotopic (exact) mass is 381 g/mol. The van der Waals surface area contributed by atoms with E-state index in [1.54, 1.807) is 24.3 Å². The third kappa shape index (κ3) is 5.62. The molecule has 3 rings (SSSR count). The predicted molar refractivity (Wildman–Crippen MR) is 112 cm³/mol. The lowest BCUT2D eigenvalue weighted by Gasteiger charge is -2.21. The van der Waals surface area contributed by atoms with Gasteiger partial charge >= 0.3 is 0 Å². The van der Waals surface area contributed by atoms with Crippen LogP contribution in [0.1, 0.15) is 42.5 Å². The van der Waals surface area contributed by atoms with E-state index in [4.69, 9.17) is 12.2 Å². The van der Waals surface area contributed by atoms with Gasteiger partial charge in [0.05, 0.1) is 0 Å². The van der Waals surface area contributed by atoms with Gasteiger partial charge in [0.25, 0.3) is 5.91 Å². The number of carbonyl (C=O) groups is 2. The molecule has 1 aliphatic rings. The zero-order valence-electron chi connectivity index (χ0n) is 15.0. The van der Waals surface area contributed by atoms with Crippen molar-refractivity contribution < 1.29 is 9.59 Å². The molecule has 1 aliphatic carbocycles. The van der Waals surface area contributed by atoms with E-state index in [0.29, 0.717) is 11.3 Å². The summed E-state index contributed by atoms with van der Waals surface area (Å²) in [5, 5.41) is 8.86. The van der Waals surface area contributed by atoms with Gasteiger partial charge in [-0.2, -0.15) is 0 Å². The quantitative estimate of drug-likeness (QED) is 0.690. The molecule has 3 N–H and O–H groups in total. The normalized spacial score (nSPS) is 14.2. The van der Waals surface area contributed by atoms with Crippen molar-refractivity contribution in [3.8, 4) is 0 Å². The maximum Gasteiger partial charge on any atom is 0.255 e. The molecule has 2 aromatic rings. The fourth-order valence-corrected chi connectivity index (χ4v) is 3.42. The highest BCUT2D eigenvalue weighted by atomic mass is 32.1. The van der Waals surface area contributed by atoms with Crippen molar-refractivity contribution in [3.63, 3.8) is 0 Å². The minimum atomic E-state index is -0.206. The summed E-state index contributed by atoms with van der Waals surface area (Å²) < 4.78 is 0. The van der Waals surface area contributed by atoms with Crippen LogP contribution < -0.4 is 16.0 Å². The van der Waals surface area contributed by atoms with Gasteiger partial charge in [-0.3, -0.25) is 9.59 Å². The van der Waals surface area contributed by atoms with Crippen molar-refractivity contribution in [1.82, 2.24) is 5.32 Å². The summed E-state index contributed by atoms with van der Waals surface area (Å²) in [5.41, 5.74) is 1.89. The van der Waals surface area contributed by atoms with Crippen molar-refractivity contribution >= 4 is 40.5 Å². The molecule has 0 saturated heterocycles. The van der Waals surface area contributed by atoms with Crippen LogP contribution in [0.2, 0.25) is 0 Å². The van der Waals surface area contributed by atoms with E-state index in [0.717, 1.165) is 31.4 Å². The third-order valence-corrected chi connectivity index (χ3v) is 4.83. The number of amides is 2. The van der Waals surface area contributed by atoms with E-state index in [2.05, 4.69) is 16.0 Å². The van der Waals surface area contributed by atoms with Gasteiger partial charge in [0, 0.05) is 22.9 Å². The van der Waals surface area contributed by atoms with Gasteiger partial charge in [-0.25, -0.2) is 0 Å². The maximum absolute atomic E-state index is 12.4. The highest BCUT2D eigenvalue weighted by Crippen LogP contribution is 2.23. The minimum absolute atomic E-state index is 0.0230. The van der Waals surface area contributed by atoms with E-state index in [1.165, 1.54) is 6.42 Å². The van der Waals surface area contributed by atoms with Crippen molar-refractivity contribution in [2.45, 2.75) is 32.1 Å². The Bertz CT molecular complexity index is 817. The second-order valence-electron chi connectivity index (χ2n) is 6.68. The molecule has 1 fully saturated rings. The second-order valence-corrected chi connectivity index (χ2v) is 7.09. The molecule has 1 saturated carbocycles. The Morgan fingerprint density at radius 2 is 1.56 bits per heavy atom. The zero-order chi connectivity index (χ0) is 19.1. The lowest BCUT2D eigenvalue weighted by Crippen LogP contribution is -2.39. The van der Waals surface area contributed by atoms with Crippen LogP contribution in [-0.2, 0) is 4.79 Å². The molecule has 27 heavy (non-hydrogen) atoms. The van der Waals surface area contributed by atoms with Crippen molar-refractivity contribution in [2.75, 3.05) is 10.6 Å². The fourth-order valence-electron chi connectivity index (χ4n) is 3.20. The number of anilines is 2. The molecule has 0 atom stereocenters. The molecule has 6 heteroatoms. The van der Waals surface area contributed by atoms with Gasteiger partial charge in [-0.05, 0) is 55.4 Å². The van der Waals surface area contributed by atoms with E-state index in [-0.39, 0.29) is 22.8 Å². The highest BCUT2D eigenvalue weighted by molar-refractivity contribution is 7.80. The average molecular weight is 382 g/mol. The summed E-state index contributed by atoms with van der Waals surface area (Å²) in [6.07, 6.45) is 5.23. The molecule has 5 nitrogen and oxygen atoms in total. The number of hydrogen-bond acceptors (Lipinski definition) is 3. The van der Waals surface area contributed by atoms with E-state index in [1.807, 2.05) is 30.3 Å². The molecule has 0 heterocycles. The molecule has 2 aromatic carbocycles. The number of nitrogens with one attached hydrogen (secondary N) is 3. The van der Waals surface area contributed by atoms with Gasteiger partial charge in [0.15, 0.2) is 5.11 Å². The molecule has 140 valence electrons. The van der Waals surface area contributed by atoms with Gasteiger partial charge in [0.1, 0.15) is 0 Å². The van der Waals surface area contributed by atoms with Crippen molar-refractivity contribution in [1.29, 1.82) is 0 Å². The van der Waals surface area contributed by atoms with Gasteiger partial charge in [-0.15, -0.1) is 0 Å². The number of thiocarbonyl (C=S) groups is 1. The first-order valence-corrected chi connectivity index (χ1v) is 9.61. The Balaban J connectivity index is 1.57. The SMILES string of the molecule is O=C(Nc1ccccc1)c1cccc(NC(=S)NC(=O)C2CCCCC2)c1. The van der Waals surface area contributed by atoms with Crippen LogP contribution in [0.3, 0.4) is 0 Å². The van der Waals surface area contributed by atoms with Gasteiger partial charge in [0.2, 0.25) is 5.91 Å². The first kappa shape index (κ1) is 19.0. The van der Waals surface area contributed by atoms with Crippen LogP contribution in [0.15, 0.2) is 54.6 Å². The summed E-state index contributed by atoms with van der Waals surface area (Å²) in [7, 11) is 0. The van der Waals surface area contributed by atoms with Crippen LogP contribution in [-0.4, -0.2) is 16.9 Å². The molecule has 0 radical (unpaired) electrons. The number of hydrogen-bond donors (Lipinski definition) is 3. The molecule has 0 bridgehead atoms. The number of para-hydroxylation sites is 1. The van der Waals surface area contributed by atoms with E-state index < -0.39 is 0 Å². The number of benzene rings is 2. The molecule has 0 spiro atoms. The van der Waals surface area contributed by atoms with Crippen molar-refractivity contribution in [3.05, 3.63) is 60.2 Å². The first-order chi connectivity index (χ1) is 13.1. The predicted octanol–water partition coefficient (Wildman–Crippen LogP) is 4.33. The molecule has 0 unspecified atom stereocenters. The van der Waals surface area contributed by atoms with Gasteiger partial charge < -0.3 is 16.0 Å². The van der Waals surface area contributed by atoms with Gasteiger partial charge in [-0.1, -0.05) is 43.5 Å².